The summed E-state index contributed by atoms with van der Waals surface area (Å²) >= 11 is 1.46. The molecule has 6 atom stereocenters. The van der Waals surface area contributed by atoms with E-state index >= 15 is 0 Å². The molecule has 4 N–H and O–H groups in total. The van der Waals surface area contributed by atoms with Crippen LogP contribution < -0.4 is 16.0 Å². The predicted molar refractivity (Wildman–Crippen MR) is 131 cm³/mol. The van der Waals surface area contributed by atoms with E-state index in [1.165, 1.54) is 16.7 Å². The lowest BCUT2D eigenvalue weighted by molar-refractivity contribution is -0.158. The van der Waals surface area contributed by atoms with Crippen LogP contribution in [0, 0.1) is 11.8 Å². The maximum absolute atomic E-state index is 13.1. The lowest BCUT2D eigenvalue weighted by atomic mass is 9.78. The summed E-state index contributed by atoms with van der Waals surface area (Å²) in [6.07, 6.45) is 0.603. The molecule has 0 aromatic heterocycles. The van der Waals surface area contributed by atoms with Gasteiger partial charge in [-0.2, -0.15) is 0 Å². The fourth-order valence-electron chi connectivity index (χ4n) is 5.63. The maximum atomic E-state index is 13.1. The molecule has 35 heavy (non-hydrogen) atoms. The summed E-state index contributed by atoms with van der Waals surface area (Å²) in [7, 11) is 3.43. The van der Waals surface area contributed by atoms with Gasteiger partial charge in [-0.3, -0.25) is 19.3 Å². The number of hydrogen-bond acceptors (Lipinski definition) is 8. The monoisotopic (exact) mass is 508 g/mol. The Hall–Kier alpha value is -2.15. The molecule has 194 valence electrons. The molecule has 4 rings (SSSR count). The average molecular weight is 509 g/mol. The number of thioether (sulfide) groups is 1. The van der Waals surface area contributed by atoms with Gasteiger partial charge in [0.2, 0.25) is 17.7 Å². The molecule has 0 aliphatic carbocycles. The Morgan fingerprint density at radius 2 is 1.94 bits per heavy atom. The Balaban J connectivity index is 1.41. The van der Waals surface area contributed by atoms with Crippen molar-refractivity contribution in [3.8, 4) is 0 Å². The first-order valence-electron chi connectivity index (χ1n) is 12.2. The van der Waals surface area contributed by atoms with E-state index in [0.717, 1.165) is 26.2 Å². The van der Waals surface area contributed by atoms with E-state index < -0.39 is 17.9 Å². The van der Waals surface area contributed by atoms with Gasteiger partial charge in [0.15, 0.2) is 0 Å². The van der Waals surface area contributed by atoms with Gasteiger partial charge in [-0.15, -0.1) is 11.8 Å². The number of carbonyl (C=O) groups is 4. The molecule has 3 saturated heterocycles. The van der Waals surface area contributed by atoms with Crippen molar-refractivity contribution in [1.82, 2.24) is 30.7 Å². The van der Waals surface area contributed by atoms with E-state index in [2.05, 4.69) is 20.9 Å². The van der Waals surface area contributed by atoms with Crippen LogP contribution in [-0.2, 0) is 19.2 Å². The lowest BCUT2D eigenvalue weighted by Crippen LogP contribution is -2.66. The van der Waals surface area contributed by atoms with Crippen LogP contribution in [0.1, 0.15) is 20.3 Å². The number of amides is 3. The molecule has 0 radical (unpaired) electrons. The first-order valence-corrected chi connectivity index (χ1v) is 13.1. The molecular weight excluding hydrogens is 472 g/mol. The lowest BCUT2D eigenvalue weighted by Gasteiger charge is -2.47. The second-order valence-corrected chi connectivity index (χ2v) is 11.4. The fraction of sp³-hybridized carbons (Fsp3) is 0.739. The Bertz CT molecular complexity index is 920. The van der Waals surface area contributed by atoms with Gasteiger partial charge in [0.1, 0.15) is 5.70 Å². The standard InChI is InChI=1S/C23H36N6O5S/c1-12-18-17(13(2)26-16(30)11-28-7-5-24-6-8-28)22(32)29(18)19(23(33)34)20(12)35-14-9-15(25-10-14)21(31)27(3)4/h12-15,17-18,24-25H,5-11H2,1-4H3,(H,26,30)(H,33,34)/t12-,13-,14+,15+,17-,18-/m1/s1. The maximum Gasteiger partial charge on any atom is 0.353 e. The largest absolute Gasteiger partial charge is 0.477 e. The molecule has 0 bridgehead atoms. The van der Waals surface area contributed by atoms with Gasteiger partial charge in [-0.05, 0) is 13.3 Å². The topological polar surface area (TPSA) is 134 Å². The summed E-state index contributed by atoms with van der Waals surface area (Å²) in [5.41, 5.74) is 0.0514. The van der Waals surface area contributed by atoms with Crippen LogP contribution in [-0.4, -0.2) is 120 Å². The number of carboxylic acids is 1. The van der Waals surface area contributed by atoms with Crippen molar-refractivity contribution in [3.63, 3.8) is 0 Å². The van der Waals surface area contributed by atoms with Crippen LogP contribution in [0.3, 0.4) is 0 Å². The zero-order valence-electron chi connectivity index (χ0n) is 20.7. The van der Waals surface area contributed by atoms with Crippen LogP contribution in [0.25, 0.3) is 0 Å². The summed E-state index contributed by atoms with van der Waals surface area (Å²) in [6, 6.07) is -0.971. The Morgan fingerprint density at radius 1 is 1.26 bits per heavy atom. The summed E-state index contributed by atoms with van der Waals surface area (Å²) in [5.74, 6) is -2.11. The summed E-state index contributed by atoms with van der Waals surface area (Å²) in [4.78, 5) is 55.9. The number of carboxylic acid groups (broad SMARTS) is 1. The van der Waals surface area contributed by atoms with E-state index in [-0.39, 0.29) is 53.2 Å². The van der Waals surface area contributed by atoms with Gasteiger partial charge < -0.3 is 30.9 Å². The molecule has 0 aromatic rings. The molecule has 3 amide bonds. The second kappa shape index (κ2) is 10.5. The van der Waals surface area contributed by atoms with Gasteiger partial charge in [0.25, 0.3) is 0 Å². The van der Waals surface area contributed by atoms with E-state index in [4.69, 9.17) is 0 Å². The Kier molecular flexibility index (Phi) is 7.74. The second-order valence-electron chi connectivity index (χ2n) is 10.1. The number of likely N-dealkylation sites (N-methyl/N-ethyl adjacent to an activating group) is 1. The normalized spacial score (nSPS) is 31.7. The minimum Gasteiger partial charge on any atom is -0.477 e. The number of fused-ring (bicyclic) bond motifs is 1. The first-order chi connectivity index (χ1) is 16.6. The third-order valence-electron chi connectivity index (χ3n) is 7.42. The van der Waals surface area contributed by atoms with E-state index in [9.17, 15) is 24.3 Å². The molecule has 0 saturated carbocycles. The minimum absolute atomic E-state index is 0.00412. The molecule has 12 heteroatoms. The molecule has 4 heterocycles. The Morgan fingerprint density at radius 3 is 2.57 bits per heavy atom. The van der Waals surface area contributed by atoms with Crippen molar-refractivity contribution in [2.75, 3.05) is 53.4 Å². The third-order valence-corrected chi connectivity index (χ3v) is 8.93. The van der Waals surface area contributed by atoms with Crippen LogP contribution in [0.4, 0.5) is 0 Å². The average Bonchev–Trinajstić information content (AvgIpc) is 3.35. The minimum atomic E-state index is -1.11. The van der Waals surface area contributed by atoms with Crippen LogP contribution in [0.15, 0.2) is 10.6 Å². The van der Waals surface area contributed by atoms with Crippen molar-refractivity contribution < 1.29 is 24.3 Å². The van der Waals surface area contributed by atoms with Crippen molar-refractivity contribution in [3.05, 3.63) is 10.6 Å². The smallest absolute Gasteiger partial charge is 0.353 e. The third kappa shape index (κ3) is 5.07. The van der Waals surface area contributed by atoms with Gasteiger partial charge in [0, 0.05) is 68.9 Å². The molecular formula is C23H36N6O5S. The van der Waals surface area contributed by atoms with E-state index in [1.807, 2.05) is 13.8 Å². The molecule has 3 fully saturated rings. The van der Waals surface area contributed by atoms with Crippen LogP contribution >= 0.6 is 11.8 Å². The highest BCUT2D eigenvalue weighted by Crippen LogP contribution is 2.51. The number of carbonyl (C=O) groups excluding carboxylic acids is 3. The summed E-state index contributed by atoms with van der Waals surface area (Å²) in [5, 5.41) is 19.5. The molecule has 0 spiro atoms. The highest BCUT2D eigenvalue weighted by Gasteiger charge is 2.60. The van der Waals surface area contributed by atoms with Gasteiger partial charge in [0.05, 0.1) is 24.5 Å². The highest BCUT2D eigenvalue weighted by atomic mass is 32.2. The molecule has 4 aliphatic heterocycles. The van der Waals surface area contributed by atoms with E-state index in [0.29, 0.717) is 17.9 Å². The summed E-state index contributed by atoms with van der Waals surface area (Å²) < 4.78 is 0. The summed E-state index contributed by atoms with van der Waals surface area (Å²) in [6.45, 7) is 7.98. The molecule has 4 aliphatic rings. The number of nitrogens with zero attached hydrogens (tertiary/aromatic N) is 3. The quantitative estimate of drug-likeness (QED) is 0.296. The van der Waals surface area contributed by atoms with Gasteiger partial charge in [-0.25, -0.2) is 4.79 Å². The number of piperazine rings is 1. The number of nitrogens with one attached hydrogen (secondary N) is 3. The number of aliphatic carboxylic acids is 1. The first kappa shape index (κ1) is 25.9. The number of hydrogen-bond donors (Lipinski definition) is 4. The van der Waals surface area contributed by atoms with E-state index in [1.54, 1.807) is 19.0 Å². The highest BCUT2D eigenvalue weighted by molar-refractivity contribution is 8.03. The Labute approximate surface area is 210 Å². The van der Waals surface area contributed by atoms with Gasteiger partial charge >= 0.3 is 5.97 Å². The van der Waals surface area contributed by atoms with Crippen molar-refractivity contribution in [1.29, 1.82) is 0 Å². The zero-order valence-corrected chi connectivity index (χ0v) is 21.6. The van der Waals surface area contributed by atoms with Crippen molar-refractivity contribution in [2.45, 2.75) is 43.6 Å². The zero-order chi connectivity index (χ0) is 25.4. The number of rotatable bonds is 8. The predicted octanol–water partition coefficient (Wildman–Crippen LogP) is -1.28. The molecule has 0 aromatic carbocycles. The van der Waals surface area contributed by atoms with Crippen molar-refractivity contribution in [2.24, 2.45) is 11.8 Å². The van der Waals surface area contributed by atoms with Gasteiger partial charge in [-0.1, -0.05) is 6.92 Å². The van der Waals surface area contributed by atoms with Crippen LogP contribution in [0.5, 0.6) is 0 Å². The molecule has 11 nitrogen and oxygen atoms in total. The van der Waals surface area contributed by atoms with Crippen molar-refractivity contribution >= 4 is 35.5 Å². The SMILES string of the molecule is C[C@@H](NC(=O)CN1CCNCC1)[C@H]1C(=O)N2C(C(=O)O)=C(S[C@@H]3CN[C@H](C(=O)N(C)C)C3)[C@H](C)[C@H]12. The number of β-lactam (4-membered cyclic amide) rings is 1. The fourth-order valence-corrected chi connectivity index (χ4v) is 7.11. The molecule has 0 unspecified atom stereocenters. The van der Waals surface area contributed by atoms with Crippen LogP contribution in [0.2, 0.25) is 0 Å².